The number of aryl methyl sites for hydroxylation is 1. The molecule has 0 bridgehead atoms. The van der Waals surface area contributed by atoms with Crippen LogP contribution in [-0.4, -0.2) is 39.2 Å². The summed E-state index contributed by atoms with van der Waals surface area (Å²) in [6, 6.07) is 7.90. The van der Waals surface area contributed by atoms with Gasteiger partial charge < -0.3 is 9.63 Å². The zero-order valence-electron chi connectivity index (χ0n) is 13.9. The minimum atomic E-state index is -0.850. The summed E-state index contributed by atoms with van der Waals surface area (Å²) in [7, 11) is 0. The molecule has 7 heteroatoms. The Morgan fingerprint density at radius 1 is 1.44 bits per heavy atom. The summed E-state index contributed by atoms with van der Waals surface area (Å²) in [5.74, 6) is 0.713. The fourth-order valence-electron chi connectivity index (χ4n) is 3.53. The summed E-state index contributed by atoms with van der Waals surface area (Å²) in [5.41, 5.74) is 0.912. The lowest BCUT2D eigenvalue weighted by Gasteiger charge is -2.31. The molecule has 4 rings (SSSR count). The first-order chi connectivity index (χ1) is 12.1. The zero-order valence-corrected chi connectivity index (χ0v) is 14.8. The highest BCUT2D eigenvalue weighted by molar-refractivity contribution is 7.21. The second-order valence-electron chi connectivity index (χ2n) is 6.47. The topological polar surface area (TPSA) is 79.5 Å². The first kappa shape index (κ1) is 16.2. The van der Waals surface area contributed by atoms with Crippen LogP contribution in [0.5, 0.6) is 0 Å². The van der Waals surface area contributed by atoms with Crippen molar-refractivity contribution in [2.45, 2.75) is 32.2 Å². The van der Waals surface area contributed by atoms with Gasteiger partial charge >= 0.3 is 5.97 Å². The molecule has 25 heavy (non-hydrogen) atoms. The maximum atomic E-state index is 11.7. The van der Waals surface area contributed by atoms with E-state index in [1.807, 2.05) is 31.2 Å². The van der Waals surface area contributed by atoms with Gasteiger partial charge in [-0.05, 0) is 43.3 Å². The summed E-state index contributed by atoms with van der Waals surface area (Å²) in [6.45, 7) is 4.22. The summed E-state index contributed by atoms with van der Waals surface area (Å²) in [5, 5.41) is 14.5. The third kappa shape index (κ3) is 3.17. The molecule has 1 aliphatic rings. The van der Waals surface area contributed by atoms with Crippen molar-refractivity contribution in [2.24, 2.45) is 0 Å². The predicted molar refractivity (Wildman–Crippen MR) is 95.1 cm³/mol. The number of benzene rings is 1. The third-order valence-electron chi connectivity index (χ3n) is 4.67. The van der Waals surface area contributed by atoms with E-state index in [0.29, 0.717) is 23.1 Å². The fraction of sp³-hybridized carbons (Fsp3) is 0.389. The molecule has 1 aliphatic heterocycles. The van der Waals surface area contributed by atoms with E-state index in [4.69, 9.17) is 4.52 Å². The van der Waals surface area contributed by atoms with E-state index in [-0.39, 0.29) is 5.92 Å². The predicted octanol–water partition coefficient (Wildman–Crippen LogP) is 3.67. The van der Waals surface area contributed by atoms with Gasteiger partial charge in [0.05, 0.1) is 5.92 Å². The number of likely N-dealkylation sites (tertiary alicyclic amines) is 1. The van der Waals surface area contributed by atoms with E-state index in [9.17, 15) is 9.90 Å². The minimum absolute atomic E-state index is 0.216. The van der Waals surface area contributed by atoms with Crippen LogP contribution in [-0.2, 0) is 6.54 Å². The molecule has 2 aromatic heterocycles. The lowest BCUT2D eigenvalue weighted by molar-refractivity contribution is 0.0699. The van der Waals surface area contributed by atoms with Crippen LogP contribution in [0.1, 0.15) is 45.7 Å². The lowest BCUT2D eigenvalue weighted by Crippen LogP contribution is -2.34. The number of carboxylic acids is 1. The van der Waals surface area contributed by atoms with Gasteiger partial charge in [0, 0.05) is 17.8 Å². The van der Waals surface area contributed by atoms with Gasteiger partial charge in [0.2, 0.25) is 5.89 Å². The maximum absolute atomic E-state index is 11.7. The van der Waals surface area contributed by atoms with Crippen LogP contribution in [0.3, 0.4) is 0 Å². The Balaban J connectivity index is 1.60. The van der Waals surface area contributed by atoms with E-state index in [0.717, 1.165) is 41.6 Å². The molecule has 6 nitrogen and oxygen atoms in total. The SMILES string of the molecule is Cc1noc(C2CCCN(Cc3c(C(=O)O)sc4ccccc34)C2)n1. The van der Waals surface area contributed by atoms with Crippen molar-refractivity contribution in [1.29, 1.82) is 0 Å². The maximum Gasteiger partial charge on any atom is 0.346 e. The van der Waals surface area contributed by atoms with Crippen molar-refractivity contribution in [1.82, 2.24) is 15.0 Å². The molecule has 0 aliphatic carbocycles. The highest BCUT2D eigenvalue weighted by Gasteiger charge is 2.27. The monoisotopic (exact) mass is 357 g/mol. The highest BCUT2D eigenvalue weighted by atomic mass is 32.1. The van der Waals surface area contributed by atoms with Gasteiger partial charge in [-0.15, -0.1) is 11.3 Å². The molecule has 1 unspecified atom stereocenters. The fourth-order valence-corrected chi connectivity index (χ4v) is 4.58. The Morgan fingerprint density at radius 3 is 3.04 bits per heavy atom. The van der Waals surface area contributed by atoms with Crippen LogP contribution < -0.4 is 0 Å². The Hall–Kier alpha value is -2.25. The molecule has 1 N–H and O–H groups in total. The second kappa shape index (κ2) is 6.57. The Morgan fingerprint density at radius 2 is 2.28 bits per heavy atom. The smallest absolute Gasteiger partial charge is 0.346 e. The highest BCUT2D eigenvalue weighted by Crippen LogP contribution is 2.34. The number of carboxylic acid groups (broad SMARTS) is 1. The molecule has 3 aromatic rings. The van der Waals surface area contributed by atoms with Gasteiger partial charge in [-0.25, -0.2) is 4.79 Å². The number of nitrogens with zero attached hydrogens (tertiary/aromatic N) is 3. The summed E-state index contributed by atoms with van der Waals surface area (Å²) in [6.07, 6.45) is 2.06. The lowest BCUT2D eigenvalue weighted by atomic mass is 9.97. The van der Waals surface area contributed by atoms with Gasteiger partial charge in [0.25, 0.3) is 0 Å². The van der Waals surface area contributed by atoms with Crippen molar-refractivity contribution in [3.63, 3.8) is 0 Å². The van der Waals surface area contributed by atoms with E-state index in [1.165, 1.54) is 11.3 Å². The number of thiophene rings is 1. The van der Waals surface area contributed by atoms with Crippen LogP contribution in [0.2, 0.25) is 0 Å². The van der Waals surface area contributed by atoms with Crippen LogP contribution >= 0.6 is 11.3 Å². The van der Waals surface area contributed by atoms with Crippen LogP contribution in [0.15, 0.2) is 28.8 Å². The Bertz CT molecular complexity index is 917. The molecule has 3 heterocycles. The number of rotatable bonds is 4. The molecular formula is C18H19N3O3S. The average Bonchev–Trinajstić information content (AvgIpc) is 3.20. The van der Waals surface area contributed by atoms with Gasteiger partial charge in [-0.1, -0.05) is 23.4 Å². The van der Waals surface area contributed by atoms with Crippen molar-refractivity contribution in [3.8, 4) is 0 Å². The molecule has 1 fully saturated rings. The van der Waals surface area contributed by atoms with Crippen LogP contribution in [0.4, 0.5) is 0 Å². The Labute approximate surface area is 149 Å². The summed E-state index contributed by atoms with van der Waals surface area (Å²) in [4.78, 5) is 18.8. The normalized spacial score (nSPS) is 18.7. The Kier molecular flexibility index (Phi) is 4.27. The quantitative estimate of drug-likeness (QED) is 0.767. The molecule has 0 amide bonds. The van der Waals surface area contributed by atoms with Crippen molar-refractivity contribution < 1.29 is 14.4 Å². The molecule has 1 aromatic carbocycles. The van der Waals surface area contributed by atoms with Gasteiger partial charge in [0.1, 0.15) is 4.88 Å². The third-order valence-corrected chi connectivity index (χ3v) is 5.87. The second-order valence-corrected chi connectivity index (χ2v) is 7.52. The average molecular weight is 357 g/mol. The van der Waals surface area contributed by atoms with E-state index in [2.05, 4.69) is 15.0 Å². The summed E-state index contributed by atoms with van der Waals surface area (Å²) < 4.78 is 6.36. The number of piperidine rings is 1. The molecule has 0 radical (unpaired) electrons. The molecule has 0 spiro atoms. The van der Waals surface area contributed by atoms with Crippen molar-refractivity contribution in [2.75, 3.05) is 13.1 Å². The van der Waals surface area contributed by atoms with Gasteiger partial charge in [0.15, 0.2) is 5.82 Å². The first-order valence-corrected chi connectivity index (χ1v) is 9.19. The minimum Gasteiger partial charge on any atom is -0.477 e. The molecular weight excluding hydrogens is 338 g/mol. The summed E-state index contributed by atoms with van der Waals surface area (Å²) >= 11 is 1.35. The van der Waals surface area contributed by atoms with E-state index >= 15 is 0 Å². The van der Waals surface area contributed by atoms with Crippen LogP contribution in [0.25, 0.3) is 10.1 Å². The first-order valence-electron chi connectivity index (χ1n) is 8.38. The number of aromatic nitrogens is 2. The molecule has 1 atom stereocenters. The largest absolute Gasteiger partial charge is 0.477 e. The number of hydrogen-bond acceptors (Lipinski definition) is 6. The van der Waals surface area contributed by atoms with Gasteiger partial charge in [-0.3, -0.25) is 4.90 Å². The number of aromatic carboxylic acids is 1. The number of carbonyl (C=O) groups is 1. The number of fused-ring (bicyclic) bond motifs is 1. The van der Waals surface area contributed by atoms with Crippen LogP contribution in [0, 0.1) is 6.92 Å². The molecule has 0 saturated carbocycles. The van der Waals surface area contributed by atoms with E-state index < -0.39 is 5.97 Å². The standard InChI is InChI=1S/C18H19N3O3S/c1-11-19-17(24-20-11)12-5-4-8-21(9-12)10-14-13-6-2-3-7-15(13)25-16(14)18(22)23/h2-3,6-7,12H,4-5,8-10H2,1H3,(H,22,23). The molecule has 130 valence electrons. The van der Waals surface area contributed by atoms with Crippen molar-refractivity contribution >= 4 is 27.4 Å². The van der Waals surface area contributed by atoms with Crippen molar-refractivity contribution in [3.05, 3.63) is 46.4 Å². The zero-order chi connectivity index (χ0) is 17.4. The van der Waals surface area contributed by atoms with E-state index in [1.54, 1.807) is 0 Å². The van der Waals surface area contributed by atoms with Gasteiger partial charge in [-0.2, -0.15) is 4.98 Å². The number of hydrogen-bond donors (Lipinski definition) is 1. The molecule has 1 saturated heterocycles.